The summed E-state index contributed by atoms with van der Waals surface area (Å²) < 4.78 is 10.2. The van der Waals surface area contributed by atoms with E-state index in [0.29, 0.717) is 31.2 Å². The van der Waals surface area contributed by atoms with Crippen LogP contribution in [-0.2, 0) is 4.74 Å². The lowest BCUT2D eigenvalue weighted by atomic mass is 10.1. The van der Waals surface area contributed by atoms with E-state index in [1.807, 2.05) is 6.92 Å². The summed E-state index contributed by atoms with van der Waals surface area (Å²) in [6.45, 7) is 3.29. The third-order valence-corrected chi connectivity index (χ3v) is 2.17. The lowest BCUT2D eigenvalue weighted by molar-refractivity contribution is 0.111. The van der Waals surface area contributed by atoms with Crippen molar-refractivity contribution in [3.8, 4) is 5.88 Å². The van der Waals surface area contributed by atoms with Crippen molar-refractivity contribution < 1.29 is 14.6 Å². The lowest BCUT2D eigenvalue weighted by Gasteiger charge is -2.12. The first-order valence-corrected chi connectivity index (χ1v) is 5.40. The Balaban J connectivity index is 2.48. The third kappa shape index (κ3) is 3.75. The topological polar surface area (TPSA) is 64.5 Å². The van der Waals surface area contributed by atoms with Crippen molar-refractivity contribution in [3.05, 3.63) is 18.1 Å². The molecule has 1 aromatic heterocycles. The predicted octanol–water partition coefficient (Wildman–Crippen LogP) is 1.34. The monoisotopic (exact) mass is 226 g/mol. The molecular weight excluding hydrogens is 208 g/mol. The molecule has 1 unspecified atom stereocenters. The summed E-state index contributed by atoms with van der Waals surface area (Å²) in [7, 11) is 1.51. The highest BCUT2D eigenvalue weighted by Crippen LogP contribution is 2.23. The molecule has 1 heterocycles. The molecule has 1 rings (SSSR count). The summed E-state index contributed by atoms with van der Waals surface area (Å²) in [4.78, 5) is 8.06. The van der Waals surface area contributed by atoms with Gasteiger partial charge in [0.1, 0.15) is 11.8 Å². The summed E-state index contributed by atoms with van der Waals surface area (Å²) in [5.74, 6) is 0.381. The van der Waals surface area contributed by atoms with Crippen LogP contribution >= 0.6 is 0 Å². The molecule has 5 heteroatoms. The minimum absolute atomic E-state index is 0.381. The van der Waals surface area contributed by atoms with Crippen LogP contribution in [-0.4, -0.2) is 35.4 Å². The molecule has 5 nitrogen and oxygen atoms in total. The molecule has 0 aliphatic rings. The molecule has 0 saturated heterocycles. The summed E-state index contributed by atoms with van der Waals surface area (Å²) in [5.41, 5.74) is 0.487. The molecule has 0 aliphatic carbocycles. The smallest absolute Gasteiger partial charge is 0.238 e. The van der Waals surface area contributed by atoms with E-state index in [4.69, 9.17) is 9.47 Å². The Kier molecular flexibility index (Phi) is 5.74. The van der Waals surface area contributed by atoms with Gasteiger partial charge in [-0.15, -0.1) is 0 Å². The Bertz CT molecular complexity index is 307. The van der Waals surface area contributed by atoms with E-state index >= 15 is 0 Å². The van der Waals surface area contributed by atoms with E-state index in [9.17, 15) is 5.11 Å². The quantitative estimate of drug-likeness (QED) is 0.711. The van der Waals surface area contributed by atoms with E-state index < -0.39 is 6.10 Å². The number of hydrogen-bond donors (Lipinski definition) is 1. The molecule has 0 radical (unpaired) electrons. The van der Waals surface area contributed by atoms with Crippen LogP contribution in [0.25, 0.3) is 0 Å². The van der Waals surface area contributed by atoms with Gasteiger partial charge < -0.3 is 14.6 Å². The fourth-order valence-corrected chi connectivity index (χ4v) is 1.38. The van der Waals surface area contributed by atoms with E-state index in [0.717, 1.165) is 6.42 Å². The maximum atomic E-state index is 9.89. The number of rotatable bonds is 7. The van der Waals surface area contributed by atoms with Crippen LogP contribution in [0.3, 0.4) is 0 Å². The third-order valence-electron chi connectivity index (χ3n) is 2.17. The summed E-state index contributed by atoms with van der Waals surface area (Å²) in [6.07, 6.45) is 3.81. The Hall–Kier alpha value is -1.20. The molecule has 0 fully saturated rings. The largest absolute Gasteiger partial charge is 0.480 e. The fraction of sp³-hybridized carbons (Fsp3) is 0.636. The van der Waals surface area contributed by atoms with Gasteiger partial charge in [-0.1, -0.05) is 0 Å². The zero-order valence-electron chi connectivity index (χ0n) is 9.72. The zero-order chi connectivity index (χ0) is 11.8. The van der Waals surface area contributed by atoms with Gasteiger partial charge in [0.05, 0.1) is 7.11 Å². The lowest BCUT2D eigenvalue weighted by Crippen LogP contribution is -2.06. The van der Waals surface area contributed by atoms with Gasteiger partial charge in [0, 0.05) is 25.6 Å². The van der Waals surface area contributed by atoms with E-state index in [-0.39, 0.29) is 0 Å². The SMILES string of the molecule is CCOCCCC(O)c1nccnc1OC. The molecule has 1 N–H and O–H groups in total. The average molecular weight is 226 g/mol. The zero-order valence-corrected chi connectivity index (χ0v) is 9.72. The van der Waals surface area contributed by atoms with Crippen molar-refractivity contribution in [2.75, 3.05) is 20.3 Å². The molecule has 1 aromatic rings. The number of methoxy groups -OCH3 is 1. The molecule has 0 aromatic carbocycles. The molecule has 90 valence electrons. The summed E-state index contributed by atoms with van der Waals surface area (Å²) in [6, 6.07) is 0. The van der Waals surface area contributed by atoms with Gasteiger partial charge in [-0.3, -0.25) is 4.98 Å². The van der Waals surface area contributed by atoms with Crippen LogP contribution in [0.4, 0.5) is 0 Å². The second-order valence-corrected chi connectivity index (χ2v) is 3.31. The number of aliphatic hydroxyl groups excluding tert-OH is 1. The van der Waals surface area contributed by atoms with Gasteiger partial charge in [0.25, 0.3) is 0 Å². The highest BCUT2D eigenvalue weighted by molar-refractivity contribution is 5.19. The Morgan fingerprint density at radius 3 is 2.81 bits per heavy atom. The van der Waals surface area contributed by atoms with Gasteiger partial charge in [-0.05, 0) is 19.8 Å². The number of ether oxygens (including phenoxy) is 2. The first kappa shape index (κ1) is 12.9. The van der Waals surface area contributed by atoms with Gasteiger partial charge in [-0.25, -0.2) is 4.98 Å². The van der Waals surface area contributed by atoms with E-state index in [1.165, 1.54) is 13.3 Å². The van der Waals surface area contributed by atoms with Crippen molar-refractivity contribution in [3.63, 3.8) is 0 Å². The van der Waals surface area contributed by atoms with Crippen molar-refractivity contribution in [1.29, 1.82) is 0 Å². The molecule has 1 atom stereocenters. The minimum atomic E-state index is -0.649. The molecule has 16 heavy (non-hydrogen) atoms. The van der Waals surface area contributed by atoms with Crippen molar-refractivity contribution in [2.45, 2.75) is 25.9 Å². The molecular formula is C11H18N2O3. The summed E-state index contributed by atoms with van der Waals surface area (Å²) >= 11 is 0. The highest BCUT2D eigenvalue weighted by Gasteiger charge is 2.15. The van der Waals surface area contributed by atoms with Gasteiger partial charge in [0.15, 0.2) is 0 Å². The summed E-state index contributed by atoms with van der Waals surface area (Å²) in [5, 5.41) is 9.89. The van der Waals surface area contributed by atoms with Crippen molar-refractivity contribution in [2.24, 2.45) is 0 Å². The number of hydrogen-bond acceptors (Lipinski definition) is 5. The molecule has 0 spiro atoms. The van der Waals surface area contributed by atoms with Gasteiger partial charge in [0.2, 0.25) is 5.88 Å². The molecule has 0 bridgehead atoms. The van der Waals surface area contributed by atoms with Gasteiger partial charge in [-0.2, -0.15) is 0 Å². The number of aromatic nitrogens is 2. The minimum Gasteiger partial charge on any atom is -0.480 e. The standard InChI is InChI=1S/C11H18N2O3/c1-3-16-8-4-5-9(14)10-11(15-2)13-7-6-12-10/h6-7,9,14H,3-5,8H2,1-2H3. The normalized spacial score (nSPS) is 12.4. The van der Waals surface area contributed by atoms with Crippen LogP contribution in [0.2, 0.25) is 0 Å². The second-order valence-electron chi connectivity index (χ2n) is 3.31. The Morgan fingerprint density at radius 1 is 1.38 bits per heavy atom. The Morgan fingerprint density at radius 2 is 2.12 bits per heavy atom. The average Bonchev–Trinajstić information content (AvgIpc) is 2.34. The van der Waals surface area contributed by atoms with Crippen molar-refractivity contribution in [1.82, 2.24) is 9.97 Å². The predicted molar refractivity (Wildman–Crippen MR) is 59.3 cm³/mol. The van der Waals surface area contributed by atoms with Gasteiger partial charge >= 0.3 is 0 Å². The van der Waals surface area contributed by atoms with Crippen LogP contribution in [0.15, 0.2) is 12.4 Å². The number of aliphatic hydroxyl groups is 1. The van der Waals surface area contributed by atoms with Crippen LogP contribution in [0, 0.1) is 0 Å². The molecule has 0 amide bonds. The highest BCUT2D eigenvalue weighted by atomic mass is 16.5. The van der Waals surface area contributed by atoms with E-state index in [1.54, 1.807) is 6.20 Å². The van der Waals surface area contributed by atoms with Crippen LogP contribution in [0.1, 0.15) is 31.6 Å². The molecule has 0 aliphatic heterocycles. The van der Waals surface area contributed by atoms with Crippen LogP contribution < -0.4 is 4.74 Å². The van der Waals surface area contributed by atoms with Crippen LogP contribution in [0.5, 0.6) is 5.88 Å². The van der Waals surface area contributed by atoms with Crippen molar-refractivity contribution >= 4 is 0 Å². The number of nitrogens with zero attached hydrogens (tertiary/aromatic N) is 2. The first-order valence-electron chi connectivity index (χ1n) is 5.40. The maximum Gasteiger partial charge on any atom is 0.238 e. The first-order chi connectivity index (χ1) is 7.79. The fourth-order valence-electron chi connectivity index (χ4n) is 1.38. The second kappa shape index (κ2) is 7.14. The molecule has 0 saturated carbocycles. The Labute approximate surface area is 95.4 Å². The maximum absolute atomic E-state index is 9.89. The van der Waals surface area contributed by atoms with E-state index in [2.05, 4.69) is 9.97 Å².